The molecule has 2 heterocycles. The molecule has 1 N–H and O–H groups in total. The van der Waals surface area contributed by atoms with Crippen LogP contribution in [0.4, 0.5) is 5.69 Å². The average Bonchev–Trinajstić information content (AvgIpc) is 3.17. The van der Waals surface area contributed by atoms with E-state index >= 15 is 0 Å². The van der Waals surface area contributed by atoms with Gasteiger partial charge in [-0.3, -0.25) is 4.57 Å². The number of H-pyrrole nitrogens is 1. The summed E-state index contributed by atoms with van der Waals surface area (Å²) in [5.74, 6) is 0.724. The molecular weight excluding hydrogens is 294 g/mol. The molecular formula is C16H19N5O2. The minimum absolute atomic E-state index is 0.0354. The predicted octanol–water partition coefficient (Wildman–Crippen LogP) is 1.43. The highest BCUT2D eigenvalue weighted by Gasteiger charge is 2.36. The summed E-state index contributed by atoms with van der Waals surface area (Å²) in [6.45, 7) is 3.22. The van der Waals surface area contributed by atoms with Crippen LogP contribution < -0.4 is 10.6 Å². The van der Waals surface area contributed by atoms with Crippen LogP contribution >= 0.6 is 0 Å². The van der Waals surface area contributed by atoms with Crippen molar-refractivity contribution in [3.05, 3.63) is 46.1 Å². The second-order valence-corrected chi connectivity index (χ2v) is 5.55. The van der Waals surface area contributed by atoms with Crippen molar-refractivity contribution in [3.8, 4) is 6.07 Å². The molecule has 0 saturated carbocycles. The van der Waals surface area contributed by atoms with E-state index < -0.39 is 0 Å². The van der Waals surface area contributed by atoms with Gasteiger partial charge in [0.1, 0.15) is 0 Å². The van der Waals surface area contributed by atoms with E-state index in [1.807, 2.05) is 19.1 Å². The molecule has 120 valence electrons. The van der Waals surface area contributed by atoms with Crippen molar-refractivity contribution in [2.75, 3.05) is 18.6 Å². The molecule has 0 aliphatic carbocycles. The summed E-state index contributed by atoms with van der Waals surface area (Å²) in [6, 6.07) is 9.52. The lowest BCUT2D eigenvalue weighted by Crippen LogP contribution is -2.28. The minimum Gasteiger partial charge on any atom is -0.380 e. The van der Waals surface area contributed by atoms with Crippen LogP contribution in [-0.4, -0.2) is 34.5 Å². The molecule has 7 nitrogen and oxygen atoms in total. The summed E-state index contributed by atoms with van der Waals surface area (Å²) in [4.78, 5) is 14.0. The molecule has 7 heteroatoms. The van der Waals surface area contributed by atoms with Crippen LogP contribution in [0.2, 0.25) is 0 Å². The van der Waals surface area contributed by atoms with Crippen LogP contribution in [-0.2, 0) is 11.3 Å². The number of nitriles is 1. The highest BCUT2D eigenvalue weighted by molar-refractivity contribution is 5.52. The van der Waals surface area contributed by atoms with Crippen molar-refractivity contribution in [1.29, 1.82) is 5.26 Å². The van der Waals surface area contributed by atoms with Gasteiger partial charge >= 0.3 is 5.69 Å². The Morgan fingerprint density at radius 2 is 2.17 bits per heavy atom. The Balaban J connectivity index is 1.98. The Bertz CT molecular complexity index is 771. The molecule has 2 aromatic rings. The standard InChI is InChI=1S/C16H19N5O2/c1-3-20-15(18-19-16(20)22)14-8-13(23-2)10-21(14)12-6-4-11(9-17)5-7-12/h4-7,13-14H,3,8,10H2,1-2H3,(H,19,22)/t13-,14-/m0/s1. The normalized spacial score (nSPS) is 20.7. The Kier molecular flexibility index (Phi) is 4.17. The van der Waals surface area contributed by atoms with Gasteiger partial charge < -0.3 is 9.64 Å². The van der Waals surface area contributed by atoms with Crippen LogP contribution in [0.15, 0.2) is 29.1 Å². The second kappa shape index (κ2) is 6.26. The zero-order valence-electron chi connectivity index (χ0n) is 13.2. The maximum absolute atomic E-state index is 11.9. The molecule has 0 amide bonds. The van der Waals surface area contributed by atoms with Gasteiger partial charge in [-0.1, -0.05) is 0 Å². The molecule has 1 aromatic heterocycles. The summed E-state index contributed by atoms with van der Waals surface area (Å²) < 4.78 is 7.17. The van der Waals surface area contributed by atoms with Crippen LogP contribution in [0.1, 0.15) is 30.8 Å². The van der Waals surface area contributed by atoms with E-state index in [0.29, 0.717) is 12.1 Å². The summed E-state index contributed by atoms with van der Waals surface area (Å²) in [7, 11) is 1.70. The molecule has 2 atom stereocenters. The van der Waals surface area contributed by atoms with Crippen LogP contribution in [0.25, 0.3) is 0 Å². The number of ether oxygens (including phenoxy) is 1. The van der Waals surface area contributed by atoms with Crippen molar-refractivity contribution in [2.24, 2.45) is 0 Å². The number of aromatic nitrogens is 3. The lowest BCUT2D eigenvalue weighted by Gasteiger charge is -2.26. The average molecular weight is 313 g/mol. The van der Waals surface area contributed by atoms with Gasteiger partial charge in [-0.15, -0.1) is 0 Å². The second-order valence-electron chi connectivity index (χ2n) is 5.55. The molecule has 1 saturated heterocycles. The third-order valence-electron chi connectivity index (χ3n) is 4.33. The Hall–Kier alpha value is -2.59. The van der Waals surface area contributed by atoms with E-state index in [4.69, 9.17) is 10.00 Å². The summed E-state index contributed by atoms with van der Waals surface area (Å²) >= 11 is 0. The van der Waals surface area contributed by atoms with Crippen LogP contribution in [0, 0.1) is 11.3 Å². The van der Waals surface area contributed by atoms with Gasteiger partial charge in [0.05, 0.1) is 23.8 Å². The lowest BCUT2D eigenvalue weighted by molar-refractivity contribution is 0.118. The number of methoxy groups -OCH3 is 1. The molecule has 0 radical (unpaired) electrons. The fraction of sp³-hybridized carbons (Fsp3) is 0.438. The van der Waals surface area contributed by atoms with Crippen molar-refractivity contribution >= 4 is 5.69 Å². The molecule has 3 rings (SSSR count). The number of nitrogens with one attached hydrogen (secondary N) is 1. The number of nitrogens with zero attached hydrogens (tertiary/aromatic N) is 4. The van der Waals surface area contributed by atoms with Gasteiger partial charge in [-0.2, -0.15) is 10.4 Å². The first-order chi connectivity index (χ1) is 11.2. The van der Waals surface area contributed by atoms with Gasteiger partial charge in [-0.05, 0) is 31.2 Å². The first kappa shape index (κ1) is 15.3. The van der Waals surface area contributed by atoms with Crippen molar-refractivity contribution < 1.29 is 4.74 Å². The maximum Gasteiger partial charge on any atom is 0.343 e. The Morgan fingerprint density at radius 1 is 1.43 bits per heavy atom. The monoisotopic (exact) mass is 313 g/mol. The van der Waals surface area contributed by atoms with E-state index in [2.05, 4.69) is 21.2 Å². The first-order valence-corrected chi connectivity index (χ1v) is 7.62. The third kappa shape index (κ3) is 2.73. The van der Waals surface area contributed by atoms with E-state index in [1.165, 1.54) is 0 Å². The highest BCUT2D eigenvalue weighted by atomic mass is 16.5. The van der Waals surface area contributed by atoms with Gasteiger partial charge in [0.25, 0.3) is 0 Å². The van der Waals surface area contributed by atoms with E-state index in [9.17, 15) is 4.79 Å². The molecule has 1 aliphatic rings. The van der Waals surface area contributed by atoms with Crippen LogP contribution in [0.5, 0.6) is 0 Å². The summed E-state index contributed by atoms with van der Waals surface area (Å²) in [6.07, 6.45) is 0.841. The Labute approximate surface area is 134 Å². The molecule has 23 heavy (non-hydrogen) atoms. The van der Waals surface area contributed by atoms with E-state index in [0.717, 1.165) is 24.5 Å². The number of hydrogen-bond donors (Lipinski definition) is 1. The first-order valence-electron chi connectivity index (χ1n) is 7.62. The van der Waals surface area contributed by atoms with Gasteiger partial charge in [0.15, 0.2) is 5.82 Å². The predicted molar refractivity (Wildman–Crippen MR) is 85.2 cm³/mol. The molecule has 0 bridgehead atoms. The number of rotatable bonds is 4. The number of aromatic amines is 1. The van der Waals surface area contributed by atoms with E-state index in [-0.39, 0.29) is 17.8 Å². The minimum atomic E-state index is -0.192. The van der Waals surface area contributed by atoms with Gasteiger partial charge in [0.2, 0.25) is 0 Å². The number of hydrogen-bond acceptors (Lipinski definition) is 5. The largest absolute Gasteiger partial charge is 0.380 e. The number of benzene rings is 1. The molecule has 0 unspecified atom stereocenters. The topological polar surface area (TPSA) is 86.9 Å². The van der Waals surface area contributed by atoms with Crippen molar-refractivity contribution in [1.82, 2.24) is 14.8 Å². The fourth-order valence-corrected chi connectivity index (χ4v) is 3.12. The number of anilines is 1. The Morgan fingerprint density at radius 3 is 2.78 bits per heavy atom. The van der Waals surface area contributed by atoms with Gasteiger partial charge in [-0.25, -0.2) is 9.89 Å². The van der Waals surface area contributed by atoms with E-state index in [1.54, 1.807) is 23.8 Å². The molecule has 0 spiro atoms. The zero-order valence-corrected chi connectivity index (χ0v) is 13.2. The lowest BCUT2D eigenvalue weighted by atomic mass is 10.1. The highest BCUT2D eigenvalue weighted by Crippen LogP contribution is 2.36. The molecule has 1 aliphatic heterocycles. The quantitative estimate of drug-likeness (QED) is 0.922. The van der Waals surface area contributed by atoms with Crippen molar-refractivity contribution in [3.63, 3.8) is 0 Å². The van der Waals surface area contributed by atoms with Gasteiger partial charge in [0, 0.05) is 32.3 Å². The SMILES string of the molecule is CCn1c([C@@H]2C[C@H](OC)CN2c2ccc(C#N)cc2)n[nH]c1=O. The fourth-order valence-electron chi connectivity index (χ4n) is 3.12. The molecule has 1 aromatic carbocycles. The zero-order chi connectivity index (χ0) is 16.4. The van der Waals surface area contributed by atoms with Crippen LogP contribution in [0.3, 0.4) is 0 Å². The summed E-state index contributed by atoms with van der Waals surface area (Å²) in [5.41, 5.74) is 1.42. The molecule has 1 fully saturated rings. The van der Waals surface area contributed by atoms with Crippen molar-refractivity contribution in [2.45, 2.75) is 32.0 Å². The third-order valence-corrected chi connectivity index (χ3v) is 4.33. The maximum atomic E-state index is 11.9. The summed E-state index contributed by atoms with van der Waals surface area (Å²) in [5, 5.41) is 15.7. The smallest absolute Gasteiger partial charge is 0.343 e.